The Morgan fingerprint density at radius 3 is 1.51 bits per heavy atom. The van der Waals surface area contributed by atoms with Gasteiger partial charge in [0.25, 0.3) is 11.8 Å². The van der Waals surface area contributed by atoms with Crippen LogP contribution in [0, 0.1) is 7.43 Å². The number of carbonyl (C=O) groups is 2. The van der Waals surface area contributed by atoms with E-state index in [0.717, 1.165) is 12.5 Å². The maximum Gasteiger partial charge on any atom is 0.253 e. The maximum atomic E-state index is 13.1. The van der Waals surface area contributed by atoms with Crippen molar-refractivity contribution in [3.05, 3.63) is 67.1 Å². The van der Waals surface area contributed by atoms with E-state index in [1.54, 1.807) is 24.3 Å². The molecule has 43 heavy (non-hydrogen) atoms. The van der Waals surface area contributed by atoms with Crippen LogP contribution in [0.4, 0.5) is 8.78 Å². The van der Waals surface area contributed by atoms with Gasteiger partial charge >= 0.3 is 0 Å². The molecule has 0 heterocycles. The summed E-state index contributed by atoms with van der Waals surface area (Å²) in [5.41, 5.74) is 1.31. The molecular formula is C25H30BrCl4F2N2O6PdS2-. The van der Waals surface area contributed by atoms with E-state index in [-0.39, 0.29) is 44.1 Å². The summed E-state index contributed by atoms with van der Waals surface area (Å²) < 4.78 is 71.2. The molecular weight excluding hydrogens is 855 g/mol. The average molecular weight is 885 g/mol. The number of alkyl halides is 7. The zero-order chi connectivity index (χ0) is 31.5. The molecule has 3 atom stereocenters. The Kier molecular flexibility index (Phi) is 21.3. The first-order chi connectivity index (χ1) is 18.9. The zero-order valence-electron chi connectivity index (χ0n) is 22.9. The summed E-state index contributed by atoms with van der Waals surface area (Å²) in [6.45, 7) is -1.62. The van der Waals surface area contributed by atoms with Gasteiger partial charge in [0.2, 0.25) is 0 Å². The van der Waals surface area contributed by atoms with Crippen molar-refractivity contribution in [3.63, 3.8) is 0 Å². The molecule has 0 spiro atoms. The van der Waals surface area contributed by atoms with Crippen molar-refractivity contribution in [2.45, 2.75) is 42.8 Å². The van der Waals surface area contributed by atoms with Crippen LogP contribution in [-0.2, 0) is 56.1 Å². The largest absolute Gasteiger partial charge is 0.358 e. The van der Waals surface area contributed by atoms with Crippen molar-refractivity contribution in [3.8, 4) is 0 Å². The number of carbonyl (C=O) groups excluding carboxylic acids is 2. The van der Waals surface area contributed by atoms with E-state index in [9.17, 15) is 35.2 Å². The molecule has 0 unspecified atom stereocenters. The average Bonchev–Trinajstić information content (AvgIpc) is 2.90. The molecule has 8 nitrogen and oxygen atoms in total. The summed E-state index contributed by atoms with van der Waals surface area (Å²) in [5, 5.41) is 4.73. The molecule has 0 bridgehead atoms. The van der Waals surface area contributed by atoms with E-state index in [4.69, 9.17) is 46.4 Å². The van der Waals surface area contributed by atoms with Gasteiger partial charge in [-0.2, -0.15) is 0 Å². The fraction of sp³-hybridized carbons (Fsp3) is 0.400. The maximum absolute atomic E-state index is 13.1. The van der Waals surface area contributed by atoms with Crippen molar-refractivity contribution in [1.82, 2.24) is 10.6 Å². The van der Waals surface area contributed by atoms with E-state index in [1.807, 2.05) is 0 Å². The number of rotatable bonds is 12. The summed E-state index contributed by atoms with van der Waals surface area (Å²) in [5.74, 6) is -1.36. The predicted molar refractivity (Wildman–Crippen MR) is 168 cm³/mol. The zero-order valence-corrected chi connectivity index (χ0v) is 30.7. The minimum absolute atomic E-state index is 0. The molecule has 0 aromatic heterocycles. The van der Waals surface area contributed by atoms with Crippen LogP contribution in [-0.4, -0.2) is 76.3 Å². The van der Waals surface area contributed by atoms with E-state index in [1.165, 1.54) is 24.3 Å². The second-order valence-corrected chi connectivity index (χ2v) is 15.8. The van der Waals surface area contributed by atoms with Crippen LogP contribution < -0.4 is 10.6 Å². The quantitative estimate of drug-likeness (QED) is 0.173. The van der Waals surface area contributed by atoms with Gasteiger partial charge in [0.1, 0.15) is 13.3 Å². The van der Waals surface area contributed by atoms with Gasteiger partial charge in [-0.15, -0.1) is 0 Å². The van der Waals surface area contributed by atoms with E-state index >= 15 is 0 Å². The monoisotopic (exact) mass is 881 g/mol. The summed E-state index contributed by atoms with van der Waals surface area (Å²) in [7, 11) is -6.56. The molecule has 0 saturated carbocycles. The Morgan fingerprint density at radius 2 is 1.16 bits per heavy atom. The van der Waals surface area contributed by atoms with Gasteiger partial charge in [0.05, 0.1) is 26.7 Å². The predicted octanol–water partition coefficient (Wildman–Crippen LogP) is 5.12. The number of sulfone groups is 2. The van der Waals surface area contributed by atoms with Crippen molar-refractivity contribution >= 4 is 93.8 Å². The fourth-order valence-corrected chi connectivity index (χ4v) is 5.22. The Bertz CT molecular complexity index is 1380. The number of amides is 2. The molecule has 2 N–H and O–H groups in total. The third-order valence-electron chi connectivity index (χ3n) is 5.24. The van der Waals surface area contributed by atoms with Gasteiger partial charge in [-0.25, -0.2) is 25.6 Å². The first-order valence-corrected chi connectivity index (χ1v) is 17.9. The van der Waals surface area contributed by atoms with Crippen molar-refractivity contribution < 1.29 is 55.6 Å². The molecule has 2 rings (SSSR count). The molecule has 2 aromatic rings. The summed E-state index contributed by atoms with van der Waals surface area (Å²) >= 11 is 24.8. The molecule has 0 radical (unpaired) electrons. The molecule has 2 aromatic carbocycles. The van der Waals surface area contributed by atoms with Gasteiger partial charge in [-0.3, -0.25) is 9.59 Å². The van der Waals surface area contributed by atoms with Crippen LogP contribution in [0.5, 0.6) is 0 Å². The molecule has 2 amide bonds. The first kappa shape index (κ1) is 44.6. The molecule has 0 aliphatic carbocycles. The van der Waals surface area contributed by atoms with Crippen LogP contribution in [0.2, 0.25) is 0 Å². The van der Waals surface area contributed by atoms with Crippen molar-refractivity contribution in [2.24, 2.45) is 0 Å². The van der Waals surface area contributed by atoms with E-state index in [0.29, 0.717) is 11.1 Å². The van der Waals surface area contributed by atoms with Gasteiger partial charge in [0.15, 0.2) is 29.3 Å². The normalized spacial score (nSPS) is 13.4. The molecule has 0 saturated heterocycles. The van der Waals surface area contributed by atoms with Crippen LogP contribution in [0.25, 0.3) is 0 Å². The number of hydrogen-bond donors (Lipinski definition) is 2. The third kappa shape index (κ3) is 16.0. The smallest absolute Gasteiger partial charge is 0.253 e. The van der Waals surface area contributed by atoms with Crippen LogP contribution in [0.15, 0.2) is 58.3 Å². The van der Waals surface area contributed by atoms with Crippen molar-refractivity contribution in [2.75, 3.05) is 25.9 Å². The summed E-state index contributed by atoms with van der Waals surface area (Å²) in [6, 6.07) is 10.3. The number of hydrogen-bond acceptors (Lipinski definition) is 6. The number of halogens is 7. The molecule has 18 heteroatoms. The molecule has 0 fully saturated rings. The first-order valence-electron chi connectivity index (χ1n) is 11.4. The second-order valence-electron chi connectivity index (χ2n) is 8.59. The topological polar surface area (TPSA) is 126 Å². The molecule has 0 aliphatic rings. The van der Waals surface area contributed by atoms with Gasteiger partial charge in [0, 0.05) is 32.9 Å². The standard InChI is InChI=1S/C12H13BrCl2FNO3S.C12H14Cl2FNO3S.CH3.Pd/c1-21(19,20)8-4-2-7(3-5-8)10(13)9(6-16)17-12(18)11(14)15;1-20(18,19)10-4-2-8(3-5-10)6-9(7-15)16-12(17)11(13)14;;/h2-5,9-11H,6H2,1H3,(H,17,18);2-5,9,11H,6-7H2,1H3,(H,16,17);1H3;/q;;-1;/t9-,10+;9-;;/m10../s1. The van der Waals surface area contributed by atoms with Crippen LogP contribution >= 0.6 is 62.3 Å². The SMILES string of the molecule is CS(=O)(=O)c1ccc(C[C@@H](CF)NC(=O)C(Cl)Cl)cc1.CS(=O)(=O)c1ccc([C@H](Br)[C@@H](CF)NC(=O)C(Cl)Cl)cc1.[CH3-].[Pd]. The van der Waals surface area contributed by atoms with E-state index < -0.39 is 71.4 Å². The molecule has 248 valence electrons. The second kappa shape index (κ2) is 20.5. The third-order valence-corrected chi connectivity index (χ3v) is 9.45. The number of nitrogens with one attached hydrogen (secondary N) is 2. The van der Waals surface area contributed by atoms with Gasteiger partial charge in [-0.1, -0.05) is 86.6 Å². The Hall–Kier alpha value is -0.558. The Balaban J connectivity index is 0. The fourth-order valence-electron chi connectivity index (χ4n) is 3.13. The Labute approximate surface area is 293 Å². The minimum Gasteiger partial charge on any atom is -0.358 e. The summed E-state index contributed by atoms with van der Waals surface area (Å²) in [4.78, 5) is 19.9. The van der Waals surface area contributed by atoms with E-state index in [2.05, 4.69) is 26.6 Å². The van der Waals surface area contributed by atoms with Crippen molar-refractivity contribution in [1.29, 1.82) is 0 Å². The number of benzene rings is 2. The van der Waals surface area contributed by atoms with Crippen LogP contribution in [0.1, 0.15) is 16.0 Å². The van der Waals surface area contributed by atoms with Gasteiger partial charge in [-0.05, 0) is 41.8 Å². The van der Waals surface area contributed by atoms with Crippen LogP contribution in [0.3, 0.4) is 0 Å². The van der Waals surface area contributed by atoms with Gasteiger partial charge < -0.3 is 18.1 Å². The molecule has 0 aliphatic heterocycles. The summed E-state index contributed by atoms with van der Waals surface area (Å²) in [6.07, 6.45) is 2.42. The Morgan fingerprint density at radius 1 is 0.767 bits per heavy atom. The minimum atomic E-state index is -3.30.